The third-order valence-electron chi connectivity index (χ3n) is 4.77. The minimum absolute atomic E-state index is 0.117. The van der Waals surface area contributed by atoms with E-state index in [9.17, 15) is 34.8 Å². The van der Waals surface area contributed by atoms with Crippen molar-refractivity contribution in [1.82, 2.24) is 0 Å². The molecular weight excluding hydrogens is 418 g/mol. The summed E-state index contributed by atoms with van der Waals surface area (Å²) >= 11 is 0. The molecule has 0 amide bonds. The van der Waals surface area contributed by atoms with Crippen LogP contribution in [0.2, 0.25) is 0 Å². The van der Waals surface area contributed by atoms with E-state index in [4.69, 9.17) is 0 Å². The zero-order chi connectivity index (χ0) is 20.3. The van der Waals surface area contributed by atoms with Gasteiger partial charge in [-0.3, -0.25) is 0 Å². The first-order chi connectivity index (χ1) is 12.3. The fraction of sp³-hybridized carbons (Fsp3) is 0.500. The fourth-order valence-corrected chi connectivity index (χ4v) is 8.08. The summed E-state index contributed by atoms with van der Waals surface area (Å²) in [4.78, 5) is -0.908. The number of rotatable bonds is 4. The molecule has 0 radical (unpaired) electrons. The second kappa shape index (κ2) is 6.41. The van der Waals surface area contributed by atoms with Gasteiger partial charge in [0.05, 0.1) is 0 Å². The highest BCUT2D eigenvalue weighted by Gasteiger charge is 2.65. The highest BCUT2D eigenvalue weighted by atomic mass is 32.3. The van der Waals surface area contributed by atoms with Crippen LogP contribution in [0.3, 0.4) is 0 Å². The minimum Gasteiger partial charge on any atom is -0.196 e. The van der Waals surface area contributed by atoms with E-state index in [-0.39, 0.29) is 10.5 Å². The lowest BCUT2D eigenvalue weighted by atomic mass is 9.84. The standard InChI is InChI=1S/C16H16F6O3S2/c1-2-10-5-4-8-13-12(10)9-14(11-6-3-7-11)26(13,15(17,18)19)25-27(23,24)16(20,21)22/h4-5,8-9,11H,2-3,6-7H2,1H3. The summed E-state index contributed by atoms with van der Waals surface area (Å²) in [5.41, 5.74) is -10.7. The van der Waals surface area contributed by atoms with Crippen molar-refractivity contribution in [2.75, 3.05) is 0 Å². The average Bonchev–Trinajstić information content (AvgIpc) is 2.79. The Morgan fingerprint density at radius 3 is 2.22 bits per heavy atom. The van der Waals surface area contributed by atoms with Crippen molar-refractivity contribution >= 4 is 26.5 Å². The second-order valence-electron chi connectivity index (χ2n) is 6.33. The number of hydrogen-bond donors (Lipinski definition) is 0. The van der Waals surface area contributed by atoms with Gasteiger partial charge in [0.1, 0.15) is 0 Å². The van der Waals surface area contributed by atoms with Gasteiger partial charge in [0.25, 0.3) is 0 Å². The van der Waals surface area contributed by atoms with Crippen LogP contribution in [0, 0.1) is 5.92 Å². The lowest BCUT2D eigenvalue weighted by Crippen LogP contribution is -2.34. The molecule has 1 saturated carbocycles. The lowest BCUT2D eigenvalue weighted by molar-refractivity contribution is -0.0547. The minimum atomic E-state index is -6.46. The van der Waals surface area contributed by atoms with E-state index < -0.39 is 42.3 Å². The Bertz CT molecular complexity index is 884. The molecule has 1 unspecified atom stereocenters. The molecule has 0 bridgehead atoms. The summed E-state index contributed by atoms with van der Waals surface area (Å²) in [7, 11) is -11.3. The van der Waals surface area contributed by atoms with E-state index in [1.165, 1.54) is 12.1 Å². The van der Waals surface area contributed by atoms with Gasteiger partial charge in [-0.2, -0.15) is 38.4 Å². The van der Waals surface area contributed by atoms with E-state index in [0.717, 1.165) is 6.07 Å². The van der Waals surface area contributed by atoms with Gasteiger partial charge in [-0.05, 0) is 48.4 Å². The molecule has 1 aliphatic carbocycles. The van der Waals surface area contributed by atoms with E-state index >= 15 is 0 Å². The number of allylic oxidation sites excluding steroid dienone is 1. The molecule has 0 N–H and O–H groups in total. The maximum Gasteiger partial charge on any atom is 0.523 e. The molecule has 0 aromatic heterocycles. The predicted molar refractivity (Wildman–Crippen MR) is 89.1 cm³/mol. The molecule has 0 saturated heterocycles. The SMILES string of the molecule is CCc1cccc2c1C=C(C1CCC1)S2(OS(=O)(=O)C(F)(F)F)C(F)(F)F. The van der Waals surface area contributed by atoms with Crippen LogP contribution in [0.5, 0.6) is 0 Å². The van der Waals surface area contributed by atoms with Crippen LogP contribution in [-0.2, 0) is 20.2 Å². The highest BCUT2D eigenvalue weighted by molar-refractivity contribution is 8.37. The van der Waals surface area contributed by atoms with Crippen molar-refractivity contribution in [2.24, 2.45) is 5.92 Å². The molecule has 3 nitrogen and oxygen atoms in total. The Kier molecular flexibility index (Phi) is 4.88. The third-order valence-corrected chi connectivity index (χ3v) is 9.62. The summed E-state index contributed by atoms with van der Waals surface area (Å²) < 4.78 is 109. The number of aryl methyl sites for hydroxylation is 1. The molecule has 1 aliphatic heterocycles. The van der Waals surface area contributed by atoms with Gasteiger partial charge in [0.15, 0.2) is 0 Å². The summed E-state index contributed by atoms with van der Waals surface area (Å²) in [6, 6.07) is 3.87. The molecule has 3 rings (SSSR count). The number of benzene rings is 1. The van der Waals surface area contributed by atoms with Gasteiger partial charge in [-0.1, -0.05) is 25.5 Å². The van der Waals surface area contributed by atoms with E-state index in [0.29, 0.717) is 31.2 Å². The van der Waals surface area contributed by atoms with Crippen molar-refractivity contribution < 1.29 is 38.4 Å². The predicted octanol–water partition coefficient (Wildman–Crippen LogP) is 5.87. The van der Waals surface area contributed by atoms with Crippen LogP contribution in [0.15, 0.2) is 28.0 Å². The Labute approximate surface area is 154 Å². The monoisotopic (exact) mass is 434 g/mol. The van der Waals surface area contributed by atoms with Gasteiger partial charge >= 0.3 is 21.1 Å². The highest BCUT2D eigenvalue weighted by Crippen LogP contribution is 2.80. The molecule has 152 valence electrons. The van der Waals surface area contributed by atoms with E-state index in [2.05, 4.69) is 3.63 Å². The maximum atomic E-state index is 14.3. The lowest BCUT2D eigenvalue weighted by Gasteiger charge is -2.43. The molecule has 1 fully saturated rings. The van der Waals surface area contributed by atoms with Crippen LogP contribution in [0.25, 0.3) is 6.08 Å². The van der Waals surface area contributed by atoms with E-state index in [1.807, 2.05) is 0 Å². The van der Waals surface area contributed by atoms with Crippen molar-refractivity contribution in [1.29, 1.82) is 0 Å². The first-order valence-electron chi connectivity index (χ1n) is 8.10. The number of fused-ring (bicyclic) bond motifs is 1. The molecule has 11 heteroatoms. The maximum absolute atomic E-state index is 14.3. The molecule has 2 aliphatic rings. The van der Waals surface area contributed by atoms with Crippen LogP contribution < -0.4 is 0 Å². The topological polar surface area (TPSA) is 43.4 Å². The van der Waals surface area contributed by atoms with Crippen LogP contribution in [0.4, 0.5) is 26.3 Å². The van der Waals surface area contributed by atoms with Crippen molar-refractivity contribution in [2.45, 2.75) is 48.5 Å². The summed E-state index contributed by atoms with van der Waals surface area (Å²) in [5, 5.41) is 0. The van der Waals surface area contributed by atoms with Crippen LogP contribution >= 0.6 is 10.3 Å². The fourth-order valence-electron chi connectivity index (χ4n) is 3.26. The smallest absolute Gasteiger partial charge is 0.196 e. The second-order valence-corrected chi connectivity index (χ2v) is 10.7. The first kappa shape index (κ1) is 20.5. The number of alkyl halides is 6. The number of hydrogen-bond acceptors (Lipinski definition) is 3. The summed E-state index contributed by atoms with van der Waals surface area (Å²) in [6.45, 7) is 1.70. The molecule has 1 aromatic rings. The molecule has 0 spiro atoms. The molecule has 27 heavy (non-hydrogen) atoms. The summed E-state index contributed by atoms with van der Waals surface area (Å²) in [5.74, 6) is -0.651. The quantitative estimate of drug-likeness (QED) is 0.440. The van der Waals surface area contributed by atoms with Gasteiger partial charge < -0.3 is 0 Å². The van der Waals surface area contributed by atoms with Crippen molar-refractivity contribution in [3.63, 3.8) is 0 Å². The number of halogens is 6. The van der Waals surface area contributed by atoms with Gasteiger partial charge in [-0.25, -0.2) is 0 Å². The molecule has 1 atom stereocenters. The Morgan fingerprint density at radius 2 is 1.78 bits per heavy atom. The van der Waals surface area contributed by atoms with Gasteiger partial charge in [-0.15, -0.1) is 0 Å². The van der Waals surface area contributed by atoms with Gasteiger partial charge in [0, 0.05) is 20.1 Å². The zero-order valence-corrected chi connectivity index (χ0v) is 15.7. The Hall–Kier alpha value is -1.20. The molecular formula is C16H16F6O3S2. The van der Waals surface area contributed by atoms with E-state index in [1.54, 1.807) is 13.0 Å². The Balaban J connectivity index is 2.30. The third kappa shape index (κ3) is 3.07. The average molecular weight is 434 g/mol. The van der Waals surface area contributed by atoms with Crippen LogP contribution in [0.1, 0.15) is 37.3 Å². The summed E-state index contributed by atoms with van der Waals surface area (Å²) in [6.07, 6.45) is 2.87. The first-order valence-corrected chi connectivity index (χ1v) is 11.1. The molecule has 1 heterocycles. The van der Waals surface area contributed by atoms with Gasteiger partial charge in [0.2, 0.25) is 0 Å². The van der Waals surface area contributed by atoms with Crippen molar-refractivity contribution in [3.05, 3.63) is 34.2 Å². The zero-order valence-electron chi connectivity index (χ0n) is 14.0. The largest absolute Gasteiger partial charge is 0.523 e. The van der Waals surface area contributed by atoms with Crippen molar-refractivity contribution in [3.8, 4) is 0 Å². The Morgan fingerprint density at radius 1 is 1.15 bits per heavy atom. The van der Waals surface area contributed by atoms with Crippen LogP contribution in [-0.4, -0.2) is 19.4 Å². The molecule has 1 aromatic carbocycles. The normalized spacial score (nSPS) is 26.1.